The Kier molecular flexibility index (Phi) is 3.58. The highest BCUT2D eigenvalue weighted by molar-refractivity contribution is 7.90. The highest BCUT2D eigenvalue weighted by Gasteiger charge is 2.42. The summed E-state index contributed by atoms with van der Waals surface area (Å²) in [6.07, 6.45) is 3.36. The summed E-state index contributed by atoms with van der Waals surface area (Å²) in [5.74, 6) is 0.0338. The monoisotopic (exact) mass is 374 g/mol. The van der Waals surface area contributed by atoms with Crippen molar-refractivity contribution in [3.05, 3.63) is 48.0 Å². The van der Waals surface area contributed by atoms with Gasteiger partial charge in [-0.2, -0.15) is 5.10 Å². The average molecular weight is 374 g/mol. The Bertz CT molecular complexity index is 1120. The largest absolute Gasteiger partial charge is 0.497 e. The van der Waals surface area contributed by atoms with Crippen molar-refractivity contribution in [3.63, 3.8) is 0 Å². The number of aryl methyl sites for hydroxylation is 1. The van der Waals surface area contributed by atoms with Gasteiger partial charge in [-0.05, 0) is 18.2 Å². The Morgan fingerprint density at radius 2 is 2.08 bits per heavy atom. The smallest absolute Gasteiger partial charge is 0.269 e. The highest BCUT2D eigenvalue weighted by Crippen LogP contribution is 2.34. The van der Waals surface area contributed by atoms with Crippen molar-refractivity contribution >= 4 is 15.9 Å². The number of carbonyl (C=O) groups excluding carboxylic acids is 1. The van der Waals surface area contributed by atoms with E-state index in [0.29, 0.717) is 11.4 Å². The van der Waals surface area contributed by atoms with Crippen LogP contribution in [0.5, 0.6) is 5.75 Å². The molecule has 0 fully saturated rings. The molecule has 0 bridgehead atoms. The molecule has 3 aromatic rings. The Labute approximate surface area is 148 Å². The number of hydrogen-bond donors (Lipinski definition) is 0. The van der Waals surface area contributed by atoms with E-state index < -0.39 is 15.9 Å². The van der Waals surface area contributed by atoms with Crippen molar-refractivity contribution < 1.29 is 22.5 Å². The summed E-state index contributed by atoms with van der Waals surface area (Å²) in [5, 5.41) is 7.96. The molecule has 0 N–H and O–H groups in total. The van der Waals surface area contributed by atoms with Crippen LogP contribution in [0.1, 0.15) is 16.1 Å². The molecule has 0 radical (unpaired) electrons. The first-order valence-corrected chi connectivity index (χ1v) is 9.04. The van der Waals surface area contributed by atoms with Gasteiger partial charge in [0, 0.05) is 24.9 Å². The van der Waals surface area contributed by atoms with E-state index in [2.05, 4.69) is 10.3 Å². The van der Waals surface area contributed by atoms with Crippen LogP contribution in [0.4, 0.5) is 0 Å². The minimum Gasteiger partial charge on any atom is -0.497 e. The van der Waals surface area contributed by atoms with Gasteiger partial charge in [0.2, 0.25) is 0 Å². The van der Waals surface area contributed by atoms with Gasteiger partial charge in [0.05, 0.1) is 25.4 Å². The number of carbonyl (C=O) groups is 1. The molecule has 0 atom stereocenters. The summed E-state index contributed by atoms with van der Waals surface area (Å²) in [5.41, 5.74) is 1.32. The zero-order valence-electron chi connectivity index (χ0n) is 13.9. The second-order valence-corrected chi connectivity index (χ2v) is 7.59. The molecule has 2 aromatic heterocycles. The molecule has 1 aromatic carbocycles. The second kappa shape index (κ2) is 5.70. The molecular weight excluding hydrogens is 360 g/mol. The van der Waals surface area contributed by atoms with Crippen molar-refractivity contribution in [2.24, 2.45) is 7.05 Å². The molecule has 3 heterocycles. The molecule has 1 amide bonds. The maximum Gasteiger partial charge on any atom is 0.269 e. The van der Waals surface area contributed by atoms with Crippen LogP contribution in [0.15, 0.2) is 46.1 Å². The lowest BCUT2D eigenvalue weighted by Crippen LogP contribution is -2.29. The normalized spacial score (nSPS) is 15.3. The van der Waals surface area contributed by atoms with Gasteiger partial charge in [-0.3, -0.25) is 9.48 Å². The zero-order valence-corrected chi connectivity index (χ0v) is 14.7. The van der Waals surface area contributed by atoms with Crippen molar-refractivity contribution in [3.8, 4) is 17.0 Å². The third-order valence-corrected chi connectivity index (χ3v) is 5.86. The number of benzene rings is 1. The fourth-order valence-corrected chi connectivity index (χ4v) is 4.28. The van der Waals surface area contributed by atoms with Crippen molar-refractivity contribution in [1.82, 2.24) is 19.2 Å². The Morgan fingerprint density at radius 1 is 1.27 bits per heavy atom. The zero-order chi connectivity index (χ0) is 18.5. The third kappa shape index (κ3) is 2.46. The highest BCUT2D eigenvalue weighted by atomic mass is 32.2. The minimum atomic E-state index is -3.95. The van der Waals surface area contributed by atoms with Crippen LogP contribution in [0.25, 0.3) is 11.3 Å². The predicted molar refractivity (Wildman–Crippen MR) is 88.8 cm³/mol. The summed E-state index contributed by atoms with van der Waals surface area (Å²) in [6, 6.07) is 5.87. The van der Waals surface area contributed by atoms with Crippen molar-refractivity contribution in [2.45, 2.75) is 11.4 Å². The van der Waals surface area contributed by atoms with Crippen molar-refractivity contribution in [2.75, 3.05) is 7.11 Å². The lowest BCUT2D eigenvalue weighted by Gasteiger charge is -2.12. The summed E-state index contributed by atoms with van der Waals surface area (Å²) >= 11 is 0. The number of hydrogen-bond acceptors (Lipinski definition) is 7. The summed E-state index contributed by atoms with van der Waals surface area (Å²) < 4.78 is 38.0. The quantitative estimate of drug-likeness (QED) is 0.680. The molecule has 1 aliphatic rings. The first kappa shape index (κ1) is 16.3. The number of rotatable bonds is 4. The van der Waals surface area contributed by atoms with E-state index in [9.17, 15) is 13.2 Å². The second-order valence-electron chi connectivity index (χ2n) is 5.76. The molecule has 9 nitrogen and oxygen atoms in total. The first-order valence-electron chi connectivity index (χ1n) is 7.60. The standard InChI is InChI=1S/C16H14N4O5S/c1-19-8-10(7-17-19)14-6-12(25-18-14)9-20-16(21)13-5-11(24-2)3-4-15(13)26(20,22)23/h3-8H,9H2,1-2H3. The lowest BCUT2D eigenvalue weighted by atomic mass is 10.2. The van der Waals surface area contributed by atoms with Crippen LogP contribution in [0.3, 0.4) is 0 Å². The fraction of sp³-hybridized carbons (Fsp3) is 0.188. The molecule has 26 heavy (non-hydrogen) atoms. The van der Waals surface area contributed by atoms with Crippen LogP contribution in [0.2, 0.25) is 0 Å². The van der Waals surface area contributed by atoms with Gasteiger partial charge in [-0.15, -0.1) is 0 Å². The van der Waals surface area contributed by atoms with Gasteiger partial charge in [0.1, 0.15) is 16.3 Å². The van der Waals surface area contributed by atoms with Crippen molar-refractivity contribution in [1.29, 1.82) is 0 Å². The van der Waals surface area contributed by atoms with Gasteiger partial charge >= 0.3 is 0 Å². The molecule has 0 unspecified atom stereocenters. The predicted octanol–water partition coefficient (Wildman–Crippen LogP) is 1.43. The number of fused-ring (bicyclic) bond motifs is 1. The topological polar surface area (TPSA) is 108 Å². The van der Waals surface area contributed by atoms with Gasteiger partial charge in [0.15, 0.2) is 5.76 Å². The minimum absolute atomic E-state index is 0.0460. The molecule has 0 spiro atoms. The average Bonchev–Trinajstić information content (AvgIpc) is 3.30. The molecule has 134 valence electrons. The van der Waals surface area contributed by atoms with Gasteiger partial charge in [0.25, 0.3) is 15.9 Å². The van der Waals surface area contributed by atoms with E-state index in [1.54, 1.807) is 30.2 Å². The molecular formula is C16H14N4O5S. The summed E-state index contributed by atoms with van der Waals surface area (Å²) in [7, 11) is -0.730. The van der Waals surface area contributed by atoms with E-state index in [-0.39, 0.29) is 22.8 Å². The van der Waals surface area contributed by atoms with Gasteiger partial charge in [-0.25, -0.2) is 12.7 Å². The van der Waals surface area contributed by atoms with Crippen LogP contribution >= 0.6 is 0 Å². The van der Waals surface area contributed by atoms with Gasteiger partial charge in [-0.1, -0.05) is 5.16 Å². The third-order valence-electron chi connectivity index (χ3n) is 4.07. The van der Waals surface area contributed by atoms with E-state index in [0.717, 1.165) is 9.87 Å². The number of aromatic nitrogens is 3. The number of nitrogens with zero attached hydrogens (tertiary/aromatic N) is 4. The lowest BCUT2D eigenvalue weighted by molar-refractivity contribution is 0.0856. The summed E-state index contributed by atoms with van der Waals surface area (Å²) in [4.78, 5) is 12.5. The molecule has 1 aliphatic heterocycles. The number of methoxy groups -OCH3 is 1. The first-order chi connectivity index (χ1) is 12.4. The maximum absolute atomic E-state index is 12.7. The van der Waals surface area contributed by atoms with E-state index in [1.807, 2.05) is 0 Å². The molecule has 4 rings (SSSR count). The van der Waals surface area contributed by atoms with E-state index >= 15 is 0 Å². The molecule has 0 aliphatic carbocycles. The number of ether oxygens (including phenoxy) is 1. The summed E-state index contributed by atoms with van der Waals surface area (Å²) in [6.45, 7) is -0.245. The Morgan fingerprint density at radius 3 is 2.77 bits per heavy atom. The molecule has 10 heteroatoms. The molecule has 0 saturated heterocycles. The van der Waals surface area contributed by atoms with Crippen LogP contribution < -0.4 is 4.74 Å². The number of amides is 1. The van der Waals surface area contributed by atoms with Crippen LogP contribution in [-0.2, 0) is 23.6 Å². The Balaban J connectivity index is 1.65. The van der Waals surface area contributed by atoms with E-state index in [4.69, 9.17) is 9.26 Å². The van der Waals surface area contributed by atoms with Crippen LogP contribution in [0, 0.1) is 0 Å². The van der Waals surface area contributed by atoms with E-state index in [1.165, 1.54) is 25.3 Å². The van der Waals surface area contributed by atoms with Gasteiger partial charge < -0.3 is 9.26 Å². The Hall–Kier alpha value is -3.14. The molecule has 0 saturated carbocycles. The SMILES string of the molecule is COc1ccc2c(c1)C(=O)N(Cc1cc(-c3cnn(C)c3)no1)S2(=O)=O. The fourth-order valence-electron chi connectivity index (χ4n) is 2.77. The van der Waals surface area contributed by atoms with Crippen LogP contribution in [-0.4, -0.2) is 40.7 Å². The number of sulfonamides is 1. The maximum atomic E-state index is 12.7.